The molecule has 1 aromatic carbocycles. The van der Waals surface area contributed by atoms with Crippen molar-refractivity contribution < 1.29 is 14.5 Å². The Hall–Kier alpha value is -1.33. The fourth-order valence-electron chi connectivity index (χ4n) is 1.89. The standard InChI is InChI=1S/C14H20BNO3/c1-9(2)14(3,4)19-15(18)11-5-6-12-10(7-11)8-13(17)16-12/h5-7,9,18H,8H2,1-4H3,(H,16,17). The van der Waals surface area contributed by atoms with E-state index in [4.69, 9.17) is 4.65 Å². The van der Waals surface area contributed by atoms with Crippen LogP contribution in [0.1, 0.15) is 33.3 Å². The third-order valence-corrected chi connectivity index (χ3v) is 3.85. The van der Waals surface area contributed by atoms with Gasteiger partial charge in [-0.2, -0.15) is 0 Å². The van der Waals surface area contributed by atoms with Gasteiger partial charge in [0.2, 0.25) is 5.91 Å². The first-order chi connectivity index (χ1) is 8.79. The molecule has 19 heavy (non-hydrogen) atoms. The Kier molecular flexibility index (Phi) is 3.70. The number of benzene rings is 1. The van der Waals surface area contributed by atoms with E-state index in [1.54, 1.807) is 6.07 Å². The summed E-state index contributed by atoms with van der Waals surface area (Å²) in [6.45, 7) is 8.02. The predicted molar refractivity (Wildman–Crippen MR) is 76.4 cm³/mol. The fourth-order valence-corrected chi connectivity index (χ4v) is 1.89. The smallest absolute Gasteiger partial charge is 0.423 e. The van der Waals surface area contributed by atoms with Gasteiger partial charge in [-0.25, -0.2) is 0 Å². The summed E-state index contributed by atoms with van der Waals surface area (Å²) in [5.41, 5.74) is 2.01. The fraction of sp³-hybridized carbons (Fsp3) is 0.500. The third-order valence-electron chi connectivity index (χ3n) is 3.85. The molecule has 0 aromatic heterocycles. The summed E-state index contributed by atoms with van der Waals surface area (Å²) < 4.78 is 5.72. The lowest BCUT2D eigenvalue weighted by atomic mass is 9.76. The molecule has 0 unspecified atom stereocenters. The SMILES string of the molecule is CC(C)C(C)(C)OB(O)c1ccc2c(c1)CC(=O)N2. The van der Waals surface area contributed by atoms with Gasteiger partial charge in [-0.05, 0) is 36.9 Å². The van der Waals surface area contributed by atoms with Crippen LogP contribution in [0.5, 0.6) is 0 Å². The van der Waals surface area contributed by atoms with Gasteiger partial charge in [0, 0.05) is 5.69 Å². The Bertz CT molecular complexity index is 499. The van der Waals surface area contributed by atoms with Crippen LogP contribution < -0.4 is 10.8 Å². The van der Waals surface area contributed by atoms with Gasteiger partial charge >= 0.3 is 7.12 Å². The second-order valence-corrected chi connectivity index (χ2v) is 5.87. The van der Waals surface area contributed by atoms with E-state index in [0.29, 0.717) is 17.8 Å². The van der Waals surface area contributed by atoms with Crippen LogP contribution in [-0.4, -0.2) is 23.7 Å². The van der Waals surface area contributed by atoms with Gasteiger partial charge in [0.05, 0.1) is 12.0 Å². The topological polar surface area (TPSA) is 58.6 Å². The van der Waals surface area contributed by atoms with E-state index in [1.807, 2.05) is 26.0 Å². The van der Waals surface area contributed by atoms with Crippen LogP contribution in [0.4, 0.5) is 5.69 Å². The predicted octanol–water partition coefficient (Wildman–Crippen LogP) is 1.32. The van der Waals surface area contributed by atoms with Gasteiger partial charge in [0.1, 0.15) is 0 Å². The maximum absolute atomic E-state index is 11.3. The minimum Gasteiger partial charge on any atom is -0.423 e. The van der Waals surface area contributed by atoms with Gasteiger partial charge < -0.3 is 15.0 Å². The van der Waals surface area contributed by atoms with E-state index >= 15 is 0 Å². The Labute approximate surface area is 114 Å². The van der Waals surface area contributed by atoms with Crippen LogP contribution in [0.2, 0.25) is 0 Å². The number of hydrogen-bond acceptors (Lipinski definition) is 3. The average molecular weight is 261 g/mol. The highest BCUT2D eigenvalue weighted by Crippen LogP contribution is 2.23. The van der Waals surface area contributed by atoms with Crippen LogP contribution in [0, 0.1) is 5.92 Å². The van der Waals surface area contributed by atoms with Crippen LogP contribution in [0.3, 0.4) is 0 Å². The Morgan fingerprint density at radius 2 is 2.11 bits per heavy atom. The van der Waals surface area contributed by atoms with Crippen molar-refractivity contribution in [3.63, 3.8) is 0 Å². The Morgan fingerprint density at radius 1 is 1.42 bits per heavy atom. The number of carbonyl (C=O) groups is 1. The van der Waals surface area contributed by atoms with Crippen molar-refractivity contribution in [2.75, 3.05) is 5.32 Å². The molecule has 2 N–H and O–H groups in total. The Balaban J connectivity index is 2.15. The lowest BCUT2D eigenvalue weighted by molar-refractivity contribution is -0.115. The zero-order valence-corrected chi connectivity index (χ0v) is 11.9. The highest BCUT2D eigenvalue weighted by atomic mass is 16.5. The largest absolute Gasteiger partial charge is 0.491 e. The molecule has 102 valence electrons. The van der Waals surface area contributed by atoms with Crippen molar-refractivity contribution in [2.24, 2.45) is 5.92 Å². The minimum atomic E-state index is -0.974. The maximum Gasteiger partial charge on any atom is 0.491 e. The second-order valence-electron chi connectivity index (χ2n) is 5.87. The average Bonchev–Trinajstić information content (AvgIpc) is 2.66. The van der Waals surface area contributed by atoms with E-state index in [2.05, 4.69) is 19.2 Å². The molecule has 0 saturated heterocycles. The molecule has 4 nitrogen and oxygen atoms in total. The third kappa shape index (κ3) is 2.99. The molecule has 2 rings (SSSR count). The number of amides is 1. The highest BCUT2D eigenvalue weighted by molar-refractivity contribution is 6.60. The van der Waals surface area contributed by atoms with Crippen molar-refractivity contribution >= 4 is 24.2 Å². The number of fused-ring (bicyclic) bond motifs is 1. The van der Waals surface area contributed by atoms with E-state index in [1.165, 1.54) is 0 Å². The summed E-state index contributed by atoms with van der Waals surface area (Å²) in [6, 6.07) is 5.42. The molecule has 0 bridgehead atoms. The maximum atomic E-state index is 11.3. The summed E-state index contributed by atoms with van der Waals surface area (Å²) in [5.74, 6) is 0.282. The molecule has 5 heteroatoms. The van der Waals surface area contributed by atoms with E-state index in [-0.39, 0.29) is 5.91 Å². The van der Waals surface area contributed by atoms with Gasteiger partial charge in [0.15, 0.2) is 0 Å². The monoisotopic (exact) mass is 261 g/mol. The summed E-state index contributed by atoms with van der Waals surface area (Å²) >= 11 is 0. The van der Waals surface area contributed by atoms with Crippen molar-refractivity contribution in [3.8, 4) is 0 Å². The van der Waals surface area contributed by atoms with Crippen LogP contribution >= 0.6 is 0 Å². The number of hydrogen-bond donors (Lipinski definition) is 2. The number of rotatable bonds is 4. The number of anilines is 1. The molecule has 1 amide bonds. The molecule has 1 aromatic rings. The van der Waals surface area contributed by atoms with Gasteiger partial charge in [-0.1, -0.05) is 26.0 Å². The lowest BCUT2D eigenvalue weighted by Crippen LogP contribution is -2.44. The van der Waals surface area contributed by atoms with Crippen molar-refractivity contribution in [1.82, 2.24) is 0 Å². The van der Waals surface area contributed by atoms with Crippen LogP contribution in [0.15, 0.2) is 18.2 Å². The van der Waals surface area contributed by atoms with Crippen molar-refractivity contribution in [1.29, 1.82) is 0 Å². The molecule has 1 aliphatic heterocycles. The van der Waals surface area contributed by atoms with Crippen LogP contribution in [-0.2, 0) is 15.9 Å². The molecule has 1 heterocycles. The summed E-state index contributed by atoms with van der Waals surface area (Å²) in [4.78, 5) is 11.3. The molecule has 0 aliphatic carbocycles. The van der Waals surface area contributed by atoms with Gasteiger partial charge in [-0.3, -0.25) is 4.79 Å². The zero-order chi connectivity index (χ0) is 14.2. The molecule has 0 fully saturated rings. The van der Waals surface area contributed by atoms with E-state index in [0.717, 1.165) is 11.3 Å². The quantitative estimate of drug-likeness (QED) is 0.803. The zero-order valence-electron chi connectivity index (χ0n) is 11.9. The summed E-state index contributed by atoms with van der Waals surface area (Å²) in [5, 5.41) is 12.9. The normalized spacial score (nSPS) is 14.5. The first-order valence-electron chi connectivity index (χ1n) is 6.58. The minimum absolute atomic E-state index is 0.00920. The van der Waals surface area contributed by atoms with Crippen molar-refractivity contribution in [2.45, 2.75) is 39.7 Å². The molecule has 0 radical (unpaired) electrons. The van der Waals surface area contributed by atoms with Crippen molar-refractivity contribution in [3.05, 3.63) is 23.8 Å². The summed E-state index contributed by atoms with van der Waals surface area (Å²) in [7, 11) is -0.974. The van der Waals surface area contributed by atoms with E-state index < -0.39 is 12.7 Å². The molecule has 1 aliphatic rings. The highest BCUT2D eigenvalue weighted by Gasteiger charge is 2.31. The molecular weight excluding hydrogens is 241 g/mol. The summed E-state index contributed by atoms with van der Waals surface area (Å²) in [6.07, 6.45) is 0.365. The molecule has 0 saturated carbocycles. The first kappa shape index (κ1) is 14.1. The van der Waals surface area contributed by atoms with Gasteiger partial charge in [-0.15, -0.1) is 0 Å². The lowest BCUT2D eigenvalue weighted by Gasteiger charge is -2.31. The van der Waals surface area contributed by atoms with Gasteiger partial charge in [0.25, 0.3) is 0 Å². The molecular formula is C14H20BNO3. The molecule has 0 spiro atoms. The molecule has 0 atom stereocenters. The van der Waals surface area contributed by atoms with E-state index in [9.17, 15) is 9.82 Å². The number of carbonyl (C=O) groups excluding carboxylic acids is 1. The Morgan fingerprint density at radius 3 is 2.74 bits per heavy atom. The van der Waals surface area contributed by atoms with Crippen LogP contribution in [0.25, 0.3) is 0 Å². The number of nitrogens with one attached hydrogen (secondary N) is 1. The first-order valence-corrected chi connectivity index (χ1v) is 6.58. The second kappa shape index (κ2) is 4.98.